The van der Waals surface area contributed by atoms with Crippen molar-refractivity contribution >= 4 is 11.9 Å². The predicted molar refractivity (Wildman–Crippen MR) is 88.5 cm³/mol. The highest BCUT2D eigenvalue weighted by atomic mass is 16.5. The molecule has 1 spiro atoms. The Bertz CT molecular complexity index is 572. The summed E-state index contributed by atoms with van der Waals surface area (Å²) in [7, 11) is 1.68. The molecule has 0 bridgehead atoms. The van der Waals surface area contributed by atoms with E-state index in [4.69, 9.17) is 4.74 Å². The molecule has 3 heterocycles. The number of aryl methyl sites for hydroxylation is 2. The van der Waals surface area contributed by atoms with Crippen LogP contribution in [0.4, 0.5) is 5.95 Å². The van der Waals surface area contributed by atoms with Gasteiger partial charge in [-0.15, -0.1) is 0 Å². The number of likely N-dealkylation sites (tertiary alicyclic amines) is 1. The minimum Gasteiger partial charge on any atom is -0.383 e. The summed E-state index contributed by atoms with van der Waals surface area (Å²) >= 11 is 0. The third-order valence-electron chi connectivity index (χ3n) is 5.00. The van der Waals surface area contributed by atoms with E-state index < -0.39 is 0 Å². The van der Waals surface area contributed by atoms with Gasteiger partial charge in [0.05, 0.1) is 12.0 Å². The molecule has 2 fully saturated rings. The van der Waals surface area contributed by atoms with Gasteiger partial charge < -0.3 is 14.5 Å². The maximum Gasteiger partial charge on any atom is 0.230 e. The average Bonchev–Trinajstić information content (AvgIpc) is 2.93. The molecule has 1 aromatic heterocycles. The van der Waals surface area contributed by atoms with Crippen molar-refractivity contribution in [3.8, 4) is 0 Å². The van der Waals surface area contributed by atoms with E-state index in [9.17, 15) is 4.79 Å². The molecule has 1 amide bonds. The van der Waals surface area contributed by atoms with E-state index in [1.165, 1.54) is 0 Å². The van der Waals surface area contributed by atoms with Crippen molar-refractivity contribution in [2.45, 2.75) is 33.1 Å². The molecule has 0 unspecified atom stereocenters. The number of ether oxygens (including phenoxy) is 1. The molecule has 0 aromatic carbocycles. The van der Waals surface area contributed by atoms with Crippen molar-refractivity contribution in [3.63, 3.8) is 0 Å². The Balaban J connectivity index is 1.75. The van der Waals surface area contributed by atoms with Crippen molar-refractivity contribution < 1.29 is 9.53 Å². The van der Waals surface area contributed by atoms with Crippen LogP contribution in [0.2, 0.25) is 0 Å². The number of amides is 1. The number of carbonyl (C=O) groups is 1. The summed E-state index contributed by atoms with van der Waals surface area (Å²) in [5.41, 5.74) is 1.70. The van der Waals surface area contributed by atoms with Crippen LogP contribution >= 0.6 is 0 Å². The van der Waals surface area contributed by atoms with Crippen LogP contribution in [0, 0.1) is 19.3 Å². The molecule has 0 radical (unpaired) electrons. The van der Waals surface area contributed by atoms with E-state index in [1.807, 2.05) is 24.8 Å². The number of hydrogen-bond acceptors (Lipinski definition) is 5. The molecule has 2 saturated heterocycles. The standard InChI is InChI=1S/C17H26N4O2/c1-13-11-14(2)19-16(18-13)21-8-6-17(12-21)5-4-7-20(15(17)22)9-10-23-3/h11H,4-10,12H2,1-3H3/t17-/m1/s1. The molecule has 126 valence electrons. The van der Waals surface area contributed by atoms with Gasteiger partial charge in [0.25, 0.3) is 0 Å². The van der Waals surface area contributed by atoms with Gasteiger partial charge in [0, 0.05) is 44.7 Å². The summed E-state index contributed by atoms with van der Waals surface area (Å²) < 4.78 is 5.14. The van der Waals surface area contributed by atoms with Gasteiger partial charge in [-0.05, 0) is 39.2 Å². The highest BCUT2D eigenvalue weighted by Gasteiger charge is 2.48. The second-order valence-electron chi connectivity index (χ2n) is 6.79. The Morgan fingerprint density at radius 3 is 2.65 bits per heavy atom. The molecule has 1 atom stereocenters. The molecule has 0 aliphatic carbocycles. The number of nitrogens with zero attached hydrogens (tertiary/aromatic N) is 4. The van der Waals surface area contributed by atoms with Gasteiger partial charge in [-0.2, -0.15) is 0 Å². The molecule has 6 nitrogen and oxygen atoms in total. The summed E-state index contributed by atoms with van der Waals surface area (Å²) in [6.45, 7) is 7.71. The lowest BCUT2D eigenvalue weighted by Gasteiger charge is -2.39. The van der Waals surface area contributed by atoms with Crippen molar-refractivity contribution in [1.29, 1.82) is 0 Å². The third kappa shape index (κ3) is 3.17. The van der Waals surface area contributed by atoms with Crippen LogP contribution in [0.5, 0.6) is 0 Å². The first-order chi connectivity index (χ1) is 11.0. The van der Waals surface area contributed by atoms with Gasteiger partial charge in [0.2, 0.25) is 11.9 Å². The first-order valence-corrected chi connectivity index (χ1v) is 8.40. The van der Waals surface area contributed by atoms with Crippen molar-refractivity contribution in [2.75, 3.05) is 44.8 Å². The Labute approximate surface area is 137 Å². The fourth-order valence-electron chi connectivity index (χ4n) is 3.84. The lowest BCUT2D eigenvalue weighted by atomic mass is 9.78. The summed E-state index contributed by atoms with van der Waals surface area (Å²) in [5.74, 6) is 1.05. The van der Waals surface area contributed by atoms with Crippen LogP contribution in [0.3, 0.4) is 0 Å². The second-order valence-corrected chi connectivity index (χ2v) is 6.79. The minimum absolute atomic E-state index is 0.257. The van der Waals surface area contributed by atoms with Crippen molar-refractivity contribution in [3.05, 3.63) is 17.5 Å². The first kappa shape index (κ1) is 16.2. The molecule has 1 aromatic rings. The summed E-state index contributed by atoms with van der Waals surface area (Å²) in [5, 5.41) is 0. The van der Waals surface area contributed by atoms with Crippen LogP contribution in [0.15, 0.2) is 6.07 Å². The second kappa shape index (κ2) is 6.43. The van der Waals surface area contributed by atoms with E-state index in [0.717, 1.165) is 56.2 Å². The van der Waals surface area contributed by atoms with Gasteiger partial charge in [0.15, 0.2) is 0 Å². The molecule has 0 N–H and O–H groups in total. The van der Waals surface area contributed by atoms with E-state index in [1.54, 1.807) is 7.11 Å². The molecule has 23 heavy (non-hydrogen) atoms. The zero-order chi connectivity index (χ0) is 16.4. The zero-order valence-electron chi connectivity index (χ0n) is 14.3. The number of hydrogen-bond donors (Lipinski definition) is 0. The quantitative estimate of drug-likeness (QED) is 0.843. The lowest BCUT2D eigenvalue weighted by Crippen LogP contribution is -2.51. The SMILES string of the molecule is COCCN1CCC[C@]2(CCN(c3nc(C)cc(C)n3)C2)C1=O. The normalized spacial score (nSPS) is 24.7. The average molecular weight is 318 g/mol. The minimum atomic E-state index is -0.257. The van der Waals surface area contributed by atoms with Crippen LogP contribution < -0.4 is 4.90 Å². The molecular weight excluding hydrogens is 292 g/mol. The highest BCUT2D eigenvalue weighted by Crippen LogP contribution is 2.40. The van der Waals surface area contributed by atoms with E-state index >= 15 is 0 Å². The number of carbonyl (C=O) groups excluding carboxylic acids is 1. The van der Waals surface area contributed by atoms with E-state index in [2.05, 4.69) is 14.9 Å². The third-order valence-corrected chi connectivity index (χ3v) is 5.00. The predicted octanol–water partition coefficient (Wildman–Crippen LogP) is 1.56. The van der Waals surface area contributed by atoms with Gasteiger partial charge in [-0.3, -0.25) is 4.79 Å². The summed E-state index contributed by atoms with van der Waals surface area (Å²) in [4.78, 5) is 26.2. The first-order valence-electron chi connectivity index (χ1n) is 8.40. The molecule has 2 aliphatic rings. The summed E-state index contributed by atoms with van der Waals surface area (Å²) in [6, 6.07) is 1.98. The van der Waals surface area contributed by atoms with Gasteiger partial charge in [0.1, 0.15) is 0 Å². The van der Waals surface area contributed by atoms with Crippen molar-refractivity contribution in [2.24, 2.45) is 5.41 Å². The van der Waals surface area contributed by atoms with Gasteiger partial charge in [-0.1, -0.05) is 0 Å². The molecule has 2 aliphatic heterocycles. The highest BCUT2D eigenvalue weighted by molar-refractivity contribution is 5.85. The summed E-state index contributed by atoms with van der Waals surface area (Å²) in [6.07, 6.45) is 2.93. The largest absolute Gasteiger partial charge is 0.383 e. The van der Waals surface area contributed by atoms with Crippen LogP contribution in [-0.4, -0.2) is 60.7 Å². The zero-order valence-corrected chi connectivity index (χ0v) is 14.3. The van der Waals surface area contributed by atoms with E-state index in [0.29, 0.717) is 13.2 Å². The maximum atomic E-state index is 13.0. The Morgan fingerprint density at radius 1 is 1.22 bits per heavy atom. The Kier molecular flexibility index (Phi) is 4.53. The number of rotatable bonds is 4. The molecule has 0 saturated carbocycles. The number of piperidine rings is 1. The van der Waals surface area contributed by atoms with Crippen LogP contribution in [0.25, 0.3) is 0 Å². The lowest BCUT2D eigenvalue weighted by molar-refractivity contribution is -0.145. The number of aromatic nitrogens is 2. The van der Waals surface area contributed by atoms with Gasteiger partial charge in [-0.25, -0.2) is 9.97 Å². The molecule has 3 rings (SSSR count). The van der Waals surface area contributed by atoms with Gasteiger partial charge >= 0.3 is 0 Å². The molecule has 6 heteroatoms. The number of methoxy groups -OCH3 is 1. The van der Waals surface area contributed by atoms with Crippen LogP contribution in [0.1, 0.15) is 30.7 Å². The Morgan fingerprint density at radius 2 is 1.96 bits per heavy atom. The smallest absolute Gasteiger partial charge is 0.230 e. The van der Waals surface area contributed by atoms with E-state index in [-0.39, 0.29) is 11.3 Å². The number of anilines is 1. The topological polar surface area (TPSA) is 58.6 Å². The fraction of sp³-hybridized carbons (Fsp3) is 0.706. The fourth-order valence-corrected chi connectivity index (χ4v) is 3.84. The Hall–Kier alpha value is -1.69. The maximum absolute atomic E-state index is 13.0. The molecular formula is C17H26N4O2. The van der Waals surface area contributed by atoms with Crippen molar-refractivity contribution in [1.82, 2.24) is 14.9 Å². The monoisotopic (exact) mass is 318 g/mol. The van der Waals surface area contributed by atoms with Crippen LogP contribution in [-0.2, 0) is 9.53 Å².